The quantitative estimate of drug-likeness (QED) is 0.368. The van der Waals surface area contributed by atoms with Gasteiger partial charge >= 0.3 is 0 Å². The van der Waals surface area contributed by atoms with E-state index in [2.05, 4.69) is 15.4 Å². The van der Waals surface area contributed by atoms with Crippen LogP contribution in [0.25, 0.3) is 22.3 Å². The van der Waals surface area contributed by atoms with Gasteiger partial charge in [-0.2, -0.15) is 5.10 Å². The van der Waals surface area contributed by atoms with Gasteiger partial charge in [-0.1, -0.05) is 0 Å². The number of carbonyl (C=O) groups is 1. The fraction of sp³-hybridized carbons (Fsp3) is 0.308. The van der Waals surface area contributed by atoms with E-state index in [1.54, 1.807) is 42.4 Å². The number of ether oxygens (including phenoxy) is 4. The predicted octanol–water partition coefficient (Wildman–Crippen LogP) is 4.12. The number of amides is 1. The number of pyridine rings is 2. The molecule has 10 nitrogen and oxygen atoms in total. The molecule has 1 aliphatic heterocycles. The van der Waals surface area contributed by atoms with Crippen LogP contribution in [0.4, 0.5) is 5.69 Å². The summed E-state index contributed by atoms with van der Waals surface area (Å²) in [4.78, 5) is 22.7. The van der Waals surface area contributed by atoms with Crippen molar-refractivity contribution in [3.8, 4) is 28.6 Å². The number of nitrogens with one attached hydrogen (secondary N) is 1. The number of hydrogen-bond acceptors (Lipinski definition) is 8. The number of hydrogen-bond donors (Lipinski definition) is 1. The highest BCUT2D eigenvalue weighted by Gasteiger charge is 2.21. The average Bonchev–Trinajstić information content (AvgIpc) is 3.33. The molecule has 186 valence electrons. The van der Waals surface area contributed by atoms with E-state index in [4.69, 9.17) is 23.9 Å². The highest BCUT2D eigenvalue weighted by Crippen LogP contribution is 2.35. The smallest absolute Gasteiger partial charge is 0.256 e. The molecule has 1 aliphatic rings. The van der Waals surface area contributed by atoms with Crippen molar-refractivity contribution in [2.24, 2.45) is 0 Å². The van der Waals surface area contributed by atoms with Crippen molar-refractivity contribution >= 4 is 22.6 Å². The van der Waals surface area contributed by atoms with Gasteiger partial charge in [-0.25, -0.2) is 14.6 Å². The second kappa shape index (κ2) is 10.2. The number of methoxy groups -OCH3 is 1. The van der Waals surface area contributed by atoms with E-state index in [-0.39, 0.29) is 11.9 Å². The summed E-state index contributed by atoms with van der Waals surface area (Å²) >= 11 is 0. The Balaban J connectivity index is 1.55. The van der Waals surface area contributed by atoms with Crippen LogP contribution in [0.5, 0.6) is 17.4 Å². The molecule has 0 saturated heterocycles. The largest absolute Gasteiger partial charge is 0.486 e. The average molecular weight is 490 g/mol. The second-order valence-electron chi connectivity index (χ2n) is 8.49. The predicted molar refractivity (Wildman–Crippen MR) is 134 cm³/mol. The zero-order valence-corrected chi connectivity index (χ0v) is 20.4. The highest BCUT2D eigenvalue weighted by molar-refractivity contribution is 6.13. The maximum Gasteiger partial charge on any atom is 0.256 e. The van der Waals surface area contributed by atoms with Gasteiger partial charge in [0.15, 0.2) is 17.1 Å². The molecule has 0 unspecified atom stereocenters. The van der Waals surface area contributed by atoms with Crippen molar-refractivity contribution in [3.63, 3.8) is 0 Å². The van der Waals surface area contributed by atoms with Crippen LogP contribution in [-0.4, -0.2) is 59.2 Å². The zero-order chi connectivity index (χ0) is 25.1. The summed E-state index contributed by atoms with van der Waals surface area (Å²) in [7, 11) is 1.59. The third kappa shape index (κ3) is 4.67. The maximum absolute atomic E-state index is 13.6. The lowest BCUT2D eigenvalue weighted by Gasteiger charge is -2.19. The van der Waals surface area contributed by atoms with E-state index in [0.717, 1.165) is 5.56 Å². The summed E-state index contributed by atoms with van der Waals surface area (Å²) in [6.07, 6.45) is 3.28. The number of rotatable bonds is 8. The Kier molecular flexibility index (Phi) is 6.68. The Morgan fingerprint density at radius 1 is 1.14 bits per heavy atom. The molecule has 3 aromatic heterocycles. The Labute approximate surface area is 208 Å². The van der Waals surface area contributed by atoms with Crippen LogP contribution in [0, 0.1) is 0 Å². The fourth-order valence-corrected chi connectivity index (χ4v) is 3.95. The van der Waals surface area contributed by atoms with E-state index in [1.165, 1.54) is 0 Å². The fourth-order valence-electron chi connectivity index (χ4n) is 3.95. The first-order chi connectivity index (χ1) is 17.5. The molecule has 5 rings (SSSR count). The maximum atomic E-state index is 13.6. The minimum Gasteiger partial charge on any atom is -0.486 e. The number of fused-ring (bicyclic) bond motifs is 2. The van der Waals surface area contributed by atoms with Crippen LogP contribution >= 0.6 is 0 Å². The van der Waals surface area contributed by atoms with Gasteiger partial charge in [0.2, 0.25) is 5.88 Å². The number of carbonyl (C=O) groups excluding carboxylic acids is 1. The summed E-state index contributed by atoms with van der Waals surface area (Å²) in [5.41, 5.74) is 2.93. The topological polar surface area (TPSA) is 110 Å². The first-order valence-corrected chi connectivity index (χ1v) is 11.7. The van der Waals surface area contributed by atoms with Crippen molar-refractivity contribution in [2.75, 3.05) is 38.9 Å². The second-order valence-corrected chi connectivity index (χ2v) is 8.49. The van der Waals surface area contributed by atoms with Crippen LogP contribution in [0.3, 0.4) is 0 Å². The molecule has 4 aromatic rings. The molecule has 0 spiro atoms. The van der Waals surface area contributed by atoms with Crippen LogP contribution in [0.2, 0.25) is 0 Å². The SMILES string of the molecule is COCCOc1ncccc1NC(=O)c1cc(-c2ccc3c(c2)OCCO3)nc2c1cnn2C(C)C. The molecule has 10 heteroatoms. The standard InChI is InChI=1S/C26H27N5O5/c1-16(2)31-24-19(15-28-31)18(25(32)30-20-5-4-8-27-26(20)36-10-9-33-3)14-21(29-24)17-6-7-22-23(13-17)35-12-11-34-22/h4-8,13-16H,9-12H2,1-3H3,(H,30,32). The molecule has 1 aromatic carbocycles. The van der Waals surface area contributed by atoms with Crippen LogP contribution in [-0.2, 0) is 4.74 Å². The highest BCUT2D eigenvalue weighted by atomic mass is 16.6. The number of aromatic nitrogens is 4. The Bertz CT molecular complexity index is 1400. The molecule has 0 aliphatic carbocycles. The van der Waals surface area contributed by atoms with Gasteiger partial charge in [0.25, 0.3) is 5.91 Å². The third-order valence-electron chi connectivity index (χ3n) is 5.68. The minimum atomic E-state index is -0.325. The van der Waals surface area contributed by atoms with Crippen molar-refractivity contribution in [2.45, 2.75) is 19.9 Å². The number of nitrogens with zero attached hydrogens (tertiary/aromatic N) is 4. The van der Waals surface area contributed by atoms with Crippen molar-refractivity contribution in [1.29, 1.82) is 0 Å². The van der Waals surface area contributed by atoms with Gasteiger partial charge < -0.3 is 24.3 Å². The molecule has 1 N–H and O–H groups in total. The lowest BCUT2D eigenvalue weighted by Crippen LogP contribution is -2.16. The van der Waals surface area contributed by atoms with E-state index in [9.17, 15) is 4.79 Å². The molecule has 0 atom stereocenters. The monoisotopic (exact) mass is 489 g/mol. The molecule has 0 bridgehead atoms. The summed E-state index contributed by atoms with van der Waals surface area (Å²) in [5, 5.41) is 8.08. The summed E-state index contributed by atoms with van der Waals surface area (Å²) in [6.45, 7) is 5.75. The molecule has 4 heterocycles. The molecule has 0 radical (unpaired) electrons. The molecular weight excluding hydrogens is 462 g/mol. The first kappa shape index (κ1) is 23.6. The third-order valence-corrected chi connectivity index (χ3v) is 5.68. The Morgan fingerprint density at radius 2 is 1.97 bits per heavy atom. The van der Waals surface area contributed by atoms with Gasteiger partial charge in [-0.05, 0) is 50.2 Å². The van der Waals surface area contributed by atoms with Gasteiger partial charge in [-0.3, -0.25) is 4.79 Å². The van der Waals surface area contributed by atoms with E-state index in [0.29, 0.717) is 71.8 Å². The van der Waals surface area contributed by atoms with E-state index in [1.807, 2.05) is 32.0 Å². The Hall–Kier alpha value is -4.18. The molecule has 36 heavy (non-hydrogen) atoms. The summed E-state index contributed by atoms with van der Waals surface area (Å²) < 4.78 is 23.9. The van der Waals surface area contributed by atoms with Gasteiger partial charge in [0, 0.05) is 24.9 Å². The van der Waals surface area contributed by atoms with Crippen molar-refractivity contribution < 1.29 is 23.7 Å². The van der Waals surface area contributed by atoms with Crippen molar-refractivity contribution in [1.82, 2.24) is 19.7 Å². The normalized spacial score (nSPS) is 12.7. The lowest BCUT2D eigenvalue weighted by atomic mass is 10.1. The Morgan fingerprint density at radius 3 is 2.78 bits per heavy atom. The van der Waals surface area contributed by atoms with Crippen LogP contribution in [0.15, 0.2) is 48.8 Å². The number of anilines is 1. The molecule has 0 fully saturated rings. The number of benzene rings is 1. The van der Waals surface area contributed by atoms with Crippen molar-refractivity contribution in [3.05, 3.63) is 54.4 Å². The van der Waals surface area contributed by atoms with E-state index < -0.39 is 0 Å². The minimum absolute atomic E-state index is 0.0561. The molecular formula is C26H27N5O5. The van der Waals surface area contributed by atoms with E-state index >= 15 is 0 Å². The first-order valence-electron chi connectivity index (χ1n) is 11.7. The summed E-state index contributed by atoms with van der Waals surface area (Å²) in [5.74, 6) is 1.33. The van der Waals surface area contributed by atoms with Gasteiger partial charge in [0.1, 0.15) is 25.5 Å². The van der Waals surface area contributed by atoms with Crippen LogP contribution in [0.1, 0.15) is 30.2 Å². The van der Waals surface area contributed by atoms with Gasteiger partial charge in [-0.15, -0.1) is 0 Å². The molecule has 1 amide bonds. The summed E-state index contributed by atoms with van der Waals surface area (Å²) in [6, 6.07) is 10.9. The lowest BCUT2D eigenvalue weighted by molar-refractivity contribution is 0.102. The zero-order valence-electron chi connectivity index (χ0n) is 20.4. The van der Waals surface area contributed by atoms with Crippen LogP contribution < -0.4 is 19.5 Å². The molecule has 0 saturated carbocycles. The van der Waals surface area contributed by atoms with Gasteiger partial charge in [0.05, 0.1) is 29.4 Å².